The van der Waals surface area contributed by atoms with Gasteiger partial charge in [-0.15, -0.1) is 0 Å². The van der Waals surface area contributed by atoms with Crippen LogP contribution in [0.1, 0.15) is 6.92 Å². The van der Waals surface area contributed by atoms with Crippen molar-refractivity contribution in [1.29, 1.82) is 0 Å². The molecular weight excluding hydrogens is 237 g/mol. The minimum absolute atomic E-state index is 0.871. The van der Waals surface area contributed by atoms with Gasteiger partial charge in [0.1, 0.15) is 0 Å². The van der Waals surface area contributed by atoms with Crippen LogP contribution in [-0.2, 0) is 4.79 Å². The summed E-state index contributed by atoms with van der Waals surface area (Å²) in [7, 11) is 0. The molecule has 16 heavy (non-hydrogen) atoms. The zero-order valence-electron chi connectivity index (χ0n) is 7.71. The van der Waals surface area contributed by atoms with Crippen LogP contribution in [0.25, 0.3) is 0 Å². The summed E-state index contributed by atoms with van der Waals surface area (Å²) in [5.74, 6) is -13.4. The first kappa shape index (κ1) is 12.2. The van der Waals surface area contributed by atoms with Crippen LogP contribution in [0, 0.1) is 29.1 Å². The standard InChI is InChI=1S/C8H4F5NO2/c1-2(15)14-16-8-6(12)4(10)3(9)5(11)7(8)13/h1H3,(H,14,15). The molecule has 0 aliphatic heterocycles. The van der Waals surface area contributed by atoms with Gasteiger partial charge in [0.25, 0.3) is 0 Å². The van der Waals surface area contributed by atoms with Crippen molar-refractivity contribution in [3.05, 3.63) is 29.1 Å². The first-order chi connectivity index (χ1) is 7.36. The van der Waals surface area contributed by atoms with Crippen LogP contribution in [0.3, 0.4) is 0 Å². The molecule has 0 unspecified atom stereocenters. The van der Waals surface area contributed by atoms with Gasteiger partial charge in [-0.05, 0) is 0 Å². The highest BCUT2D eigenvalue weighted by atomic mass is 19.2. The van der Waals surface area contributed by atoms with Crippen molar-refractivity contribution in [2.24, 2.45) is 0 Å². The number of amides is 1. The molecule has 1 amide bonds. The second-order valence-electron chi connectivity index (χ2n) is 2.66. The van der Waals surface area contributed by atoms with Crippen LogP contribution in [-0.4, -0.2) is 5.91 Å². The number of rotatable bonds is 2. The predicted molar refractivity (Wildman–Crippen MR) is 40.7 cm³/mol. The SMILES string of the molecule is CC(=O)NOc1c(F)c(F)c(F)c(F)c1F. The molecule has 0 radical (unpaired) electrons. The Labute approximate surface area is 85.8 Å². The molecule has 1 aromatic carbocycles. The van der Waals surface area contributed by atoms with E-state index in [0.29, 0.717) is 0 Å². The van der Waals surface area contributed by atoms with Crippen molar-refractivity contribution in [2.75, 3.05) is 0 Å². The Bertz CT molecular complexity index is 420. The molecule has 88 valence electrons. The van der Waals surface area contributed by atoms with E-state index in [9.17, 15) is 26.7 Å². The van der Waals surface area contributed by atoms with Crippen molar-refractivity contribution < 1.29 is 31.6 Å². The van der Waals surface area contributed by atoms with E-state index in [1.807, 2.05) is 0 Å². The second-order valence-corrected chi connectivity index (χ2v) is 2.66. The van der Waals surface area contributed by atoms with E-state index in [1.54, 1.807) is 0 Å². The minimum Gasteiger partial charge on any atom is -0.373 e. The van der Waals surface area contributed by atoms with Crippen molar-refractivity contribution in [2.45, 2.75) is 6.92 Å². The highest BCUT2D eigenvalue weighted by molar-refractivity contribution is 5.71. The molecule has 0 heterocycles. The number of hydroxylamine groups is 1. The van der Waals surface area contributed by atoms with E-state index in [1.165, 1.54) is 5.48 Å². The average molecular weight is 241 g/mol. The van der Waals surface area contributed by atoms with Gasteiger partial charge in [0.15, 0.2) is 0 Å². The smallest absolute Gasteiger partial charge is 0.249 e. The van der Waals surface area contributed by atoms with E-state index in [-0.39, 0.29) is 0 Å². The van der Waals surface area contributed by atoms with E-state index >= 15 is 0 Å². The number of nitrogens with one attached hydrogen (secondary N) is 1. The van der Waals surface area contributed by atoms with Gasteiger partial charge >= 0.3 is 0 Å². The maximum Gasteiger partial charge on any atom is 0.249 e. The van der Waals surface area contributed by atoms with Gasteiger partial charge in [0.05, 0.1) is 0 Å². The number of hydrogen-bond donors (Lipinski definition) is 1. The fourth-order valence-corrected chi connectivity index (χ4v) is 0.797. The minimum atomic E-state index is -2.30. The molecule has 0 atom stereocenters. The summed E-state index contributed by atoms with van der Waals surface area (Å²) in [6.07, 6.45) is 0. The fourth-order valence-electron chi connectivity index (χ4n) is 0.797. The molecule has 0 spiro atoms. The number of halogens is 5. The third kappa shape index (κ3) is 2.05. The van der Waals surface area contributed by atoms with Crippen LogP contribution in [0.4, 0.5) is 22.0 Å². The number of carbonyl (C=O) groups excluding carboxylic acids is 1. The van der Waals surface area contributed by atoms with Gasteiger partial charge in [-0.3, -0.25) is 4.79 Å². The molecule has 0 aliphatic carbocycles. The van der Waals surface area contributed by atoms with Crippen LogP contribution in [0.2, 0.25) is 0 Å². The molecule has 0 aromatic heterocycles. The Hall–Kier alpha value is -1.86. The van der Waals surface area contributed by atoms with Crippen LogP contribution in [0.15, 0.2) is 0 Å². The van der Waals surface area contributed by atoms with E-state index in [4.69, 9.17) is 0 Å². The van der Waals surface area contributed by atoms with Gasteiger partial charge in [0, 0.05) is 6.92 Å². The van der Waals surface area contributed by atoms with Gasteiger partial charge in [0.2, 0.25) is 40.7 Å². The Morgan fingerprint density at radius 2 is 1.31 bits per heavy atom. The van der Waals surface area contributed by atoms with Crippen LogP contribution < -0.4 is 10.3 Å². The summed E-state index contributed by atoms with van der Waals surface area (Å²) in [4.78, 5) is 14.3. The molecule has 0 aliphatic rings. The van der Waals surface area contributed by atoms with Gasteiger partial charge in [-0.25, -0.2) is 13.2 Å². The van der Waals surface area contributed by atoms with Crippen LogP contribution in [0.5, 0.6) is 5.75 Å². The fraction of sp³-hybridized carbons (Fsp3) is 0.125. The molecule has 0 saturated heterocycles. The molecule has 1 N–H and O–H groups in total. The molecule has 8 heteroatoms. The summed E-state index contributed by atoms with van der Waals surface area (Å²) in [6.45, 7) is 0.923. The topological polar surface area (TPSA) is 38.3 Å². The lowest BCUT2D eigenvalue weighted by Gasteiger charge is -2.08. The lowest BCUT2D eigenvalue weighted by molar-refractivity contribution is -0.125. The lowest BCUT2D eigenvalue weighted by Crippen LogP contribution is -2.25. The highest BCUT2D eigenvalue weighted by Gasteiger charge is 2.27. The first-order valence-corrected chi connectivity index (χ1v) is 3.81. The Morgan fingerprint density at radius 1 is 0.938 bits per heavy atom. The average Bonchev–Trinajstić information content (AvgIpc) is 2.23. The number of benzene rings is 1. The van der Waals surface area contributed by atoms with Crippen molar-refractivity contribution in [1.82, 2.24) is 5.48 Å². The first-order valence-electron chi connectivity index (χ1n) is 3.81. The van der Waals surface area contributed by atoms with Crippen molar-refractivity contribution in [3.8, 4) is 5.75 Å². The molecule has 1 aromatic rings. The van der Waals surface area contributed by atoms with Gasteiger partial charge in [-0.1, -0.05) is 0 Å². The monoisotopic (exact) mass is 241 g/mol. The van der Waals surface area contributed by atoms with Gasteiger partial charge < -0.3 is 4.84 Å². The Balaban J connectivity index is 3.23. The zero-order valence-corrected chi connectivity index (χ0v) is 7.71. The van der Waals surface area contributed by atoms with Crippen LogP contribution >= 0.6 is 0 Å². The van der Waals surface area contributed by atoms with E-state index in [2.05, 4.69) is 4.84 Å². The normalized spacial score (nSPS) is 10.1. The summed E-state index contributed by atoms with van der Waals surface area (Å²) in [6, 6.07) is 0. The Morgan fingerprint density at radius 3 is 1.69 bits per heavy atom. The predicted octanol–water partition coefficient (Wildman–Crippen LogP) is 1.81. The third-order valence-electron chi connectivity index (χ3n) is 1.47. The third-order valence-corrected chi connectivity index (χ3v) is 1.47. The lowest BCUT2D eigenvalue weighted by atomic mass is 10.3. The summed E-state index contributed by atoms with van der Waals surface area (Å²) in [5.41, 5.74) is 1.44. The molecule has 0 saturated carbocycles. The molecule has 0 bridgehead atoms. The molecule has 3 nitrogen and oxygen atoms in total. The quantitative estimate of drug-likeness (QED) is 0.371. The largest absolute Gasteiger partial charge is 0.373 e. The number of hydrogen-bond acceptors (Lipinski definition) is 2. The summed E-state index contributed by atoms with van der Waals surface area (Å²) in [5, 5.41) is 0. The van der Waals surface area contributed by atoms with E-state index < -0.39 is 40.7 Å². The maximum absolute atomic E-state index is 12.9. The second kappa shape index (κ2) is 4.33. The van der Waals surface area contributed by atoms with Gasteiger partial charge in [-0.2, -0.15) is 14.3 Å². The number of carbonyl (C=O) groups is 1. The zero-order chi connectivity index (χ0) is 12.5. The maximum atomic E-state index is 12.9. The highest BCUT2D eigenvalue weighted by Crippen LogP contribution is 2.28. The molecule has 1 rings (SSSR count). The molecule has 0 fully saturated rings. The Kier molecular flexibility index (Phi) is 3.31. The van der Waals surface area contributed by atoms with Crippen molar-refractivity contribution in [3.63, 3.8) is 0 Å². The summed E-state index contributed by atoms with van der Waals surface area (Å²) < 4.78 is 63.4. The molecular formula is C8H4F5NO2. The summed E-state index contributed by atoms with van der Waals surface area (Å²) >= 11 is 0. The van der Waals surface area contributed by atoms with E-state index in [0.717, 1.165) is 6.92 Å². The van der Waals surface area contributed by atoms with Crippen molar-refractivity contribution >= 4 is 5.91 Å².